The molecule has 0 atom stereocenters. The number of imide groups is 1. The lowest BCUT2D eigenvalue weighted by molar-refractivity contribution is -0.118. The highest BCUT2D eigenvalue weighted by Crippen LogP contribution is 2.44. The number of carbonyl (C=O) groups is 2. The lowest BCUT2D eigenvalue weighted by Crippen LogP contribution is -2.29. The number of carbonyl (C=O) groups excluding carboxylic acids is 2. The van der Waals surface area contributed by atoms with Gasteiger partial charge in [0, 0.05) is 18.1 Å². The first-order chi connectivity index (χ1) is 16.0. The minimum atomic E-state index is -4.22. The van der Waals surface area contributed by atoms with E-state index in [0.29, 0.717) is 27.8 Å². The Bertz CT molecular complexity index is 1390. The summed E-state index contributed by atoms with van der Waals surface area (Å²) in [6, 6.07) is 29.5. The summed E-state index contributed by atoms with van der Waals surface area (Å²) in [7, 11) is 0. The molecule has 4 aromatic carbocycles. The van der Waals surface area contributed by atoms with Crippen LogP contribution in [0.3, 0.4) is 0 Å². The largest absolute Gasteiger partial charge is 0.342 e. The van der Waals surface area contributed by atoms with E-state index in [4.69, 9.17) is 0 Å². The average Bonchev–Trinajstić information content (AvgIpc) is 2.83. The molecule has 0 spiro atoms. The summed E-state index contributed by atoms with van der Waals surface area (Å²) in [4.78, 5) is 25.1. The molecule has 33 heavy (non-hydrogen) atoms. The molecule has 0 bridgehead atoms. The standard InChI is InChI=1S/C27H20INO4/c1-18(30)29-27(31)25-24(21-15-9-4-10-16-21)22(19-11-5-2-6-12-19)17-23(26(25)28(32)33)20-13-7-3-8-14-20/h2-17H,1H3,(H,29,30,31). The molecule has 164 valence electrons. The maximum absolute atomic E-state index is 13.4. The first-order valence-electron chi connectivity index (χ1n) is 10.2. The molecule has 0 aliphatic carbocycles. The quantitative estimate of drug-likeness (QED) is 0.295. The molecule has 0 aromatic heterocycles. The van der Waals surface area contributed by atoms with Gasteiger partial charge in [0.15, 0.2) is 0 Å². The molecule has 0 heterocycles. The number of benzene rings is 4. The second-order valence-corrected chi connectivity index (χ2v) is 9.68. The van der Waals surface area contributed by atoms with Gasteiger partial charge in [0.25, 0.3) is 5.91 Å². The number of hydrogen-bond donors (Lipinski definition) is 1. The van der Waals surface area contributed by atoms with Crippen molar-refractivity contribution in [2.45, 2.75) is 6.92 Å². The summed E-state index contributed by atoms with van der Waals surface area (Å²) < 4.78 is 25.4. The van der Waals surface area contributed by atoms with Crippen LogP contribution in [0.2, 0.25) is 0 Å². The van der Waals surface area contributed by atoms with Gasteiger partial charge in [-0.25, -0.2) is 6.14 Å². The lowest BCUT2D eigenvalue weighted by Gasteiger charge is -2.20. The van der Waals surface area contributed by atoms with Gasteiger partial charge in [-0.3, -0.25) is 14.9 Å². The first kappa shape index (κ1) is 22.5. The van der Waals surface area contributed by atoms with Gasteiger partial charge in [-0.05, 0) is 28.3 Å². The van der Waals surface area contributed by atoms with Crippen LogP contribution >= 0.6 is 19.8 Å². The van der Waals surface area contributed by atoms with Crippen LogP contribution in [0.4, 0.5) is 0 Å². The van der Waals surface area contributed by atoms with E-state index < -0.39 is 31.6 Å². The summed E-state index contributed by atoms with van der Waals surface area (Å²) in [5, 5.41) is 2.29. The maximum atomic E-state index is 13.4. The van der Waals surface area contributed by atoms with Crippen molar-refractivity contribution in [1.82, 2.24) is 5.32 Å². The first-order valence-corrected chi connectivity index (χ1v) is 13.1. The average molecular weight is 549 g/mol. The van der Waals surface area contributed by atoms with Crippen molar-refractivity contribution in [1.29, 1.82) is 0 Å². The molecular weight excluding hydrogens is 529 g/mol. The third-order valence-electron chi connectivity index (χ3n) is 5.17. The van der Waals surface area contributed by atoms with Gasteiger partial charge in [-0.2, -0.15) is 0 Å². The molecule has 0 fully saturated rings. The Morgan fingerprint density at radius 1 is 0.667 bits per heavy atom. The van der Waals surface area contributed by atoms with Crippen LogP contribution in [-0.2, 0) is 10.9 Å². The fourth-order valence-corrected chi connectivity index (χ4v) is 5.73. The zero-order valence-corrected chi connectivity index (χ0v) is 19.9. The lowest BCUT2D eigenvalue weighted by atomic mass is 9.86. The third-order valence-corrected chi connectivity index (χ3v) is 7.17. The highest BCUT2D eigenvalue weighted by molar-refractivity contribution is 14.2. The molecule has 0 saturated carbocycles. The maximum Gasteiger partial charge on any atom is 0.342 e. The Morgan fingerprint density at radius 2 is 1.12 bits per heavy atom. The molecule has 0 radical (unpaired) electrons. The minimum absolute atomic E-state index is 0.00759. The third kappa shape index (κ3) is 4.75. The zero-order chi connectivity index (χ0) is 23.4. The van der Waals surface area contributed by atoms with Crippen molar-refractivity contribution in [3.8, 4) is 33.4 Å². The second kappa shape index (κ2) is 9.87. The SMILES string of the molecule is CC(=O)NC(=O)c1c(-c2ccccc2)c(-c2ccccc2)cc(-c2ccccc2)c1I(=O)=O. The van der Waals surface area contributed by atoms with E-state index in [2.05, 4.69) is 5.32 Å². The summed E-state index contributed by atoms with van der Waals surface area (Å²) in [6.07, 6.45) is 0. The van der Waals surface area contributed by atoms with E-state index >= 15 is 0 Å². The van der Waals surface area contributed by atoms with E-state index in [0.717, 1.165) is 5.56 Å². The zero-order valence-electron chi connectivity index (χ0n) is 17.7. The van der Waals surface area contributed by atoms with Gasteiger partial charge in [0.1, 0.15) is 0 Å². The van der Waals surface area contributed by atoms with Crippen molar-refractivity contribution in [2.24, 2.45) is 0 Å². The summed E-state index contributed by atoms with van der Waals surface area (Å²) in [5.41, 5.74) is 3.80. The Hall–Kier alpha value is -3.65. The molecule has 2 amide bonds. The molecule has 0 aliphatic heterocycles. The Morgan fingerprint density at radius 3 is 1.58 bits per heavy atom. The van der Waals surface area contributed by atoms with E-state index in [1.165, 1.54) is 6.92 Å². The van der Waals surface area contributed by atoms with Crippen LogP contribution in [0, 0.1) is 3.57 Å². The number of amides is 2. The van der Waals surface area contributed by atoms with E-state index in [-0.39, 0.29) is 9.13 Å². The van der Waals surface area contributed by atoms with Crippen molar-refractivity contribution < 1.29 is 15.7 Å². The van der Waals surface area contributed by atoms with Crippen LogP contribution in [0.25, 0.3) is 33.4 Å². The normalized spacial score (nSPS) is 10.7. The molecule has 0 saturated heterocycles. The smallest absolute Gasteiger partial charge is 0.293 e. The Balaban J connectivity index is 2.21. The number of nitrogens with one attached hydrogen (secondary N) is 1. The van der Waals surface area contributed by atoms with E-state index in [1.54, 1.807) is 0 Å². The monoisotopic (exact) mass is 549 g/mol. The molecule has 4 rings (SSSR count). The van der Waals surface area contributed by atoms with Crippen molar-refractivity contribution in [3.63, 3.8) is 0 Å². The van der Waals surface area contributed by atoms with Gasteiger partial charge < -0.3 is 0 Å². The second-order valence-electron chi connectivity index (χ2n) is 7.36. The summed E-state index contributed by atoms with van der Waals surface area (Å²) in [5.74, 6) is -1.30. The fraction of sp³-hybridized carbons (Fsp3) is 0.0370. The molecular formula is C27H20INO4. The van der Waals surface area contributed by atoms with Crippen LogP contribution < -0.4 is 5.32 Å². The van der Waals surface area contributed by atoms with Crippen LogP contribution in [0.1, 0.15) is 17.3 Å². The van der Waals surface area contributed by atoms with Crippen LogP contribution in [-0.4, -0.2) is 11.8 Å². The molecule has 0 aliphatic rings. The summed E-state index contributed by atoms with van der Waals surface area (Å²) >= 11 is -4.22. The number of rotatable bonds is 5. The highest BCUT2D eigenvalue weighted by atomic mass is 127. The van der Waals surface area contributed by atoms with E-state index in [1.807, 2.05) is 97.1 Å². The van der Waals surface area contributed by atoms with Crippen LogP contribution in [0.5, 0.6) is 0 Å². The van der Waals surface area contributed by atoms with E-state index in [9.17, 15) is 15.7 Å². The predicted molar refractivity (Wildman–Crippen MR) is 135 cm³/mol. The minimum Gasteiger partial charge on any atom is -0.293 e. The van der Waals surface area contributed by atoms with Gasteiger partial charge in [0.2, 0.25) is 5.91 Å². The van der Waals surface area contributed by atoms with Crippen molar-refractivity contribution >= 4 is 31.6 Å². The summed E-state index contributed by atoms with van der Waals surface area (Å²) in [6.45, 7) is 1.23. The van der Waals surface area contributed by atoms with Crippen molar-refractivity contribution in [2.75, 3.05) is 0 Å². The molecule has 1 N–H and O–H groups in total. The topological polar surface area (TPSA) is 80.3 Å². The Labute approximate surface area is 198 Å². The molecule has 0 unspecified atom stereocenters. The fourth-order valence-electron chi connectivity index (χ4n) is 3.83. The van der Waals surface area contributed by atoms with Crippen molar-refractivity contribution in [3.05, 3.63) is 106 Å². The van der Waals surface area contributed by atoms with Gasteiger partial charge >= 0.3 is 19.8 Å². The van der Waals surface area contributed by atoms with Gasteiger partial charge in [0.05, 0.1) is 9.13 Å². The molecule has 6 heteroatoms. The predicted octanol–water partition coefficient (Wildman–Crippen LogP) is 6.33. The number of hydrogen-bond acceptors (Lipinski definition) is 4. The molecule has 5 nitrogen and oxygen atoms in total. The Kier molecular flexibility index (Phi) is 6.74. The van der Waals surface area contributed by atoms with Gasteiger partial charge in [-0.15, -0.1) is 0 Å². The number of halogens is 1. The van der Waals surface area contributed by atoms with Gasteiger partial charge in [-0.1, -0.05) is 91.0 Å². The molecule has 4 aromatic rings. The van der Waals surface area contributed by atoms with Crippen LogP contribution in [0.15, 0.2) is 97.1 Å². The highest BCUT2D eigenvalue weighted by Gasteiger charge is 2.28.